The van der Waals surface area contributed by atoms with Gasteiger partial charge in [-0.3, -0.25) is 0 Å². The largest absolute Gasteiger partial charge is 0.507 e. The van der Waals surface area contributed by atoms with Crippen molar-refractivity contribution >= 4 is 15.8 Å². The van der Waals surface area contributed by atoms with Crippen molar-refractivity contribution in [3.8, 4) is 11.5 Å². The smallest absolute Gasteiger partial charge is 0.339 e. The van der Waals surface area contributed by atoms with Gasteiger partial charge in [-0.25, -0.2) is 13.2 Å². The zero-order chi connectivity index (χ0) is 20.1. The summed E-state index contributed by atoms with van der Waals surface area (Å²) in [6, 6.07) is 12.2. The first-order chi connectivity index (χ1) is 13.4. The van der Waals surface area contributed by atoms with Crippen LogP contribution in [0.25, 0.3) is 0 Å². The van der Waals surface area contributed by atoms with E-state index in [0.29, 0.717) is 0 Å². The van der Waals surface area contributed by atoms with Gasteiger partial charge in [0.25, 0.3) is 0 Å². The summed E-state index contributed by atoms with van der Waals surface area (Å²) in [5, 5.41) is 18.1. The van der Waals surface area contributed by atoms with E-state index in [4.69, 9.17) is 9.84 Å². The second-order valence-corrected chi connectivity index (χ2v) is 9.26. The number of carboxylic acid groups (broad SMARTS) is 1. The zero-order valence-corrected chi connectivity index (χ0v) is 16.3. The van der Waals surface area contributed by atoms with E-state index in [1.165, 1.54) is 18.2 Å². The molecule has 2 aromatic carbocycles. The highest BCUT2D eigenvalue weighted by atomic mass is 32.2. The summed E-state index contributed by atoms with van der Waals surface area (Å²) in [7, 11) is -3.58. The zero-order valence-electron chi connectivity index (χ0n) is 15.5. The minimum absolute atomic E-state index is 0.00541. The molecule has 0 bridgehead atoms. The molecule has 0 saturated heterocycles. The van der Waals surface area contributed by atoms with Crippen LogP contribution >= 0.6 is 0 Å². The lowest BCUT2D eigenvalue weighted by Crippen LogP contribution is -2.36. The van der Waals surface area contributed by atoms with Crippen LogP contribution in [0.4, 0.5) is 0 Å². The predicted molar refractivity (Wildman–Crippen MR) is 105 cm³/mol. The molecule has 0 amide bonds. The number of aromatic hydroxyl groups is 1. The van der Waals surface area contributed by atoms with E-state index in [-0.39, 0.29) is 28.7 Å². The van der Waals surface area contributed by atoms with E-state index >= 15 is 0 Å². The van der Waals surface area contributed by atoms with Gasteiger partial charge < -0.3 is 14.9 Å². The van der Waals surface area contributed by atoms with Gasteiger partial charge in [-0.1, -0.05) is 37.5 Å². The first-order valence-corrected chi connectivity index (χ1v) is 10.9. The number of benzene rings is 2. The standard InChI is InChI=1S/C21H24O6S/c22-19-13-16(11-12-18(19)21(23)24)27-14-20(15-7-3-1-4-8-15)28(25,26)17-9-5-2-6-10-17/h2,5-6,9-13,15,20,22H,1,3-4,7-8,14H2,(H,23,24). The second kappa shape index (κ2) is 8.65. The van der Waals surface area contributed by atoms with E-state index in [1.807, 2.05) is 0 Å². The van der Waals surface area contributed by atoms with Crippen molar-refractivity contribution < 1.29 is 28.2 Å². The maximum absolute atomic E-state index is 13.3. The van der Waals surface area contributed by atoms with E-state index in [2.05, 4.69) is 0 Å². The van der Waals surface area contributed by atoms with Crippen LogP contribution in [-0.4, -0.2) is 36.5 Å². The second-order valence-electron chi connectivity index (χ2n) is 7.09. The maximum atomic E-state index is 13.3. The van der Waals surface area contributed by atoms with Crippen LogP contribution < -0.4 is 4.74 Å². The minimum Gasteiger partial charge on any atom is -0.507 e. The van der Waals surface area contributed by atoms with Gasteiger partial charge in [-0.2, -0.15) is 0 Å². The van der Waals surface area contributed by atoms with Gasteiger partial charge in [-0.05, 0) is 43.0 Å². The number of carbonyl (C=O) groups is 1. The molecule has 0 spiro atoms. The molecule has 2 aromatic rings. The number of hydrogen-bond acceptors (Lipinski definition) is 5. The molecule has 0 aromatic heterocycles. The average Bonchev–Trinajstić information content (AvgIpc) is 2.69. The molecular weight excluding hydrogens is 380 g/mol. The summed E-state index contributed by atoms with van der Waals surface area (Å²) in [6.07, 6.45) is 4.78. The fraction of sp³-hybridized carbons (Fsp3) is 0.381. The molecule has 0 heterocycles. The van der Waals surface area contributed by atoms with Crippen LogP contribution in [0.5, 0.6) is 11.5 Å². The Morgan fingerprint density at radius 3 is 2.36 bits per heavy atom. The first-order valence-electron chi connectivity index (χ1n) is 9.37. The van der Waals surface area contributed by atoms with E-state index in [9.17, 15) is 18.3 Å². The molecule has 1 unspecified atom stereocenters. The fourth-order valence-electron chi connectivity index (χ4n) is 3.73. The Labute approximate surface area is 164 Å². The lowest BCUT2D eigenvalue weighted by molar-refractivity contribution is 0.0693. The molecule has 2 N–H and O–H groups in total. The topological polar surface area (TPSA) is 101 Å². The van der Waals surface area contributed by atoms with Gasteiger partial charge in [0.2, 0.25) is 0 Å². The maximum Gasteiger partial charge on any atom is 0.339 e. The summed E-state index contributed by atoms with van der Waals surface area (Å²) in [4.78, 5) is 11.3. The summed E-state index contributed by atoms with van der Waals surface area (Å²) >= 11 is 0. The van der Waals surface area contributed by atoms with Gasteiger partial charge in [0, 0.05) is 6.07 Å². The van der Waals surface area contributed by atoms with Crippen LogP contribution in [0.15, 0.2) is 53.4 Å². The highest BCUT2D eigenvalue weighted by molar-refractivity contribution is 7.92. The number of rotatable bonds is 7. The lowest BCUT2D eigenvalue weighted by atomic mass is 9.87. The summed E-state index contributed by atoms with van der Waals surface area (Å²) < 4.78 is 32.2. The number of carboxylic acids is 1. The molecule has 1 fully saturated rings. The molecule has 3 rings (SSSR count). The number of sulfone groups is 1. The van der Waals surface area contributed by atoms with Crippen molar-refractivity contribution in [2.75, 3.05) is 6.61 Å². The molecule has 150 valence electrons. The molecule has 1 aliphatic carbocycles. The van der Waals surface area contributed by atoms with E-state index in [0.717, 1.165) is 32.1 Å². The van der Waals surface area contributed by atoms with Crippen molar-refractivity contribution in [2.24, 2.45) is 5.92 Å². The highest BCUT2D eigenvalue weighted by Gasteiger charge is 2.36. The Morgan fingerprint density at radius 1 is 1.07 bits per heavy atom. The van der Waals surface area contributed by atoms with Gasteiger partial charge in [-0.15, -0.1) is 0 Å². The number of aromatic carboxylic acids is 1. The Bertz CT molecular complexity index is 917. The van der Waals surface area contributed by atoms with E-state index < -0.39 is 26.8 Å². The number of ether oxygens (including phenoxy) is 1. The van der Waals surface area contributed by atoms with Crippen LogP contribution in [-0.2, 0) is 9.84 Å². The molecule has 28 heavy (non-hydrogen) atoms. The van der Waals surface area contributed by atoms with Crippen molar-refractivity contribution in [3.63, 3.8) is 0 Å². The lowest BCUT2D eigenvalue weighted by Gasteiger charge is -2.30. The quantitative estimate of drug-likeness (QED) is 0.726. The average molecular weight is 404 g/mol. The van der Waals surface area contributed by atoms with E-state index in [1.54, 1.807) is 30.3 Å². The minimum atomic E-state index is -3.58. The number of phenols is 1. The Kier molecular flexibility index (Phi) is 6.24. The first kappa shape index (κ1) is 20.2. The van der Waals surface area contributed by atoms with Crippen LogP contribution in [0.3, 0.4) is 0 Å². The molecule has 0 radical (unpaired) electrons. The SMILES string of the molecule is O=C(O)c1ccc(OCC(C2CCCCC2)S(=O)(=O)c2ccccc2)cc1O. The van der Waals surface area contributed by atoms with Gasteiger partial charge >= 0.3 is 5.97 Å². The molecule has 0 aliphatic heterocycles. The molecule has 6 nitrogen and oxygen atoms in total. The molecule has 1 aliphatic rings. The number of hydrogen-bond donors (Lipinski definition) is 2. The van der Waals surface area contributed by atoms with Crippen LogP contribution in [0.2, 0.25) is 0 Å². The van der Waals surface area contributed by atoms with Gasteiger partial charge in [0.1, 0.15) is 28.9 Å². The van der Waals surface area contributed by atoms with Crippen molar-refractivity contribution in [2.45, 2.75) is 42.2 Å². The normalized spacial score (nSPS) is 16.4. The third-order valence-electron chi connectivity index (χ3n) is 5.26. The Balaban J connectivity index is 1.84. The third kappa shape index (κ3) is 4.47. The Morgan fingerprint density at radius 2 is 1.75 bits per heavy atom. The Hall–Kier alpha value is -2.54. The predicted octanol–water partition coefficient (Wildman–Crippen LogP) is 3.89. The van der Waals surface area contributed by atoms with Gasteiger partial charge in [0.15, 0.2) is 9.84 Å². The van der Waals surface area contributed by atoms with Crippen molar-refractivity contribution in [3.05, 3.63) is 54.1 Å². The summed E-state index contributed by atoms with van der Waals surface area (Å²) in [6.45, 7) is -0.0479. The van der Waals surface area contributed by atoms with Crippen molar-refractivity contribution in [1.82, 2.24) is 0 Å². The molecular formula is C21H24O6S. The van der Waals surface area contributed by atoms with Crippen LogP contribution in [0.1, 0.15) is 42.5 Å². The molecule has 7 heteroatoms. The van der Waals surface area contributed by atoms with Crippen LogP contribution in [0, 0.1) is 5.92 Å². The van der Waals surface area contributed by atoms with Crippen molar-refractivity contribution in [1.29, 1.82) is 0 Å². The summed E-state index contributed by atoms with van der Waals surface area (Å²) in [5.41, 5.74) is -0.229. The molecule has 1 saturated carbocycles. The summed E-state index contributed by atoms with van der Waals surface area (Å²) in [5.74, 6) is -1.40. The van der Waals surface area contributed by atoms with Gasteiger partial charge in [0.05, 0.1) is 4.90 Å². The molecule has 1 atom stereocenters. The monoisotopic (exact) mass is 404 g/mol. The highest BCUT2D eigenvalue weighted by Crippen LogP contribution is 2.33. The third-order valence-corrected chi connectivity index (χ3v) is 7.51. The fourth-order valence-corrected chi connectivity index (χ4v) is 5.64.